The highest BCUT2D eigenvalue weighted by Gasteiger charge is 2.07. The van der Waals surface area contributed by atoms with Gasteiger partial charge in [-0.05, 0) is 37.6 Å². The van der Waals surface area contributed by atoms with Gasteiger partial charge in [-0.15, -0.1) is 0 Å². The van der Waals surface area contributed by atoms with Crippen molar-refractivity contribution in [2.24, 2.45) is 0 Å². The van der Waals surface area contributed by atoms with Crippen LogP contribution in [-0.4, -0.2) is 7.11 Å². The Morgan fingerprint density at radius 2 is 1.85 bits per heavy atom. The lowest BCUT2D eigenvalue weighted by Gasteiger charge is -2.15. The van der Waals surface area contributed by atoms with Crippen LogP contribution in [0.15, 0.2) is 42.5 Å². The van der Waals surface area contributed by atoms with Crippen molar-refractivity contribution in [3.8, 4) is 5.75 Å². The highest BCUT2D eigenvalue weighted by molar-refractivity contribution is 5.29. The number of nitrogens with one attached hydrogen (secondary N) is 1. The Hall–Kier alpha value is -1.87. The maximum atomic E-state index is 13.7. The molecule has 2 rings (SSSR count). The molecule has 1 atom stereocenters. The van der Waals surface area contributed by atoms with E-state index < -0.39 is 0 Å². The van der Waals surface area contributed by atoms with Crippen molar-refractivity contribution >= 4 is 0 Å². The van der Waals surface area contributed by atoms with Crippen LogP contribution >= 0.6 is 0 Å². The van der Waals surface area contributed by atoms with E-state index in [9.17, 15) is 4.39 Å². The molecular weight excluding hydrogens is 253 g/mol. The van der Waals surface area contributed by atoms with Crippen LogP contribution in [-0.2, 0) is 6.54 Å². The Labute approximate surface area is 119 Å². The predicted molar refractivity (Wildman–Crippen MR) is 79.4 cm³/mol. The summed E-state index contributed by atoms with van der Waals surface area (Å²) in [5, 5.41) is 3.34. The Bertz CT molecular complexity index is 566. The van der Waals surface area contributed by atoms with E-state index in [2.05, 4.69) is 12.2 Å². The molecule has 106 valence electrons. The van der Waals surface area contributed by atoms with E-state index in [-0.39, 0.29) is 11.9 Å². The second-order valence-electron chi connectivity index (χ2n) is 4.97. The molecule has 0 unspecified atom stereocenters. The zero-order valence-corrected chi connectivity index (χ0v) is 12.1. The predicted octanol–water partition coefficient (Wildman–Crippen LogP) is 3.99. The van der Waals surface area contributed by atoms with Gasteiger partial charge in [0.2, 0.25) is 0 Å². The summed E-state index contributed by atoms with van der Waals surface area (Å²) in [5.74, 6) is 0.677. The molecule has 0 aliphatic rings. The number of aryl methyl sites for hydroxylation is 1. The van der Waals surface area contributed by atoms with Crippen LogP contribution in [0.4, 0.5) is 4.39 Å². The average Bonchev–Trinajstić information content (AvgIpc) is 2.48. The van der Waals surface area contributed by atoms with Crippen LogP contribution in [0.2, 0.25) is 0 Å². The summed E-state index contributed by atoms with van der Waals surface area (Å²) in [4.78, 5) is 0. The summed E-state index contributed by atoms with van der Waals surface area (Å²) < 4.78 is 18.8. The van der Waals surface area contributed by atoms with E-state index in [4.69, 9.17) is 4.74 Å². The number of hydrogen-bond acceptors (Lipinski definition) is 2. The van der Waals surface area contributed by atoms with E-state index >= 15 is 0 Å². The summed E-state index contributed by atoms with van der Waals surface area (Å²) in [6.07, 6.45) is 0. The van der Waals surface area contributed by atoms with Crippen molar-refractivity contribution in [1.82, 2.24) is 5.32 Å². The normalized spacial score (nSPS) is 12.2. The zero-order chi connectivity index (χ0) is 14.5. The molecule has 0 amide bonds. The van der Waals surface area contributed by atoms with Gasteiger partial charge in [0.15, 0.2) is 0 Å². The minimum absolute atomic E-state index is 0.154. The lowest BCUT2D eigenvalue weighted by molar-refractivity contribution is 0.414. The van der Waals surface area contributed by atoms with E-state index in [0.717, 1.165) is 16.9 Å². The standard InChI is InChI=1S/C17H20FNO/c1-12-4-9-17(18)15(10-12)11-19-13(2)14-5-7-16(20-3)8-6-14/h4-10,13,19H,11H2,1-3H3/t13-/m0/s1. The fourth-order valence-corrected chi connectivity index (χ4v) is 2.11. The molecule has 0 saturated carbocycles. The first kappa shape index (κ1) is 14.5. The van der Waals surface area contributed by atoms with Gasteiger partial charge in [-0.2, -0.15) is 0 Å². The Kier molecular flexibility index (Phi) is 4.74. The highest BCUT2D eigenvalue weighted by atomic mass is 19.1. The van der Waals surface area contributed by atoms with Crippen LogP contribution in [0.5, 0.6) is 5.75 Å². The molecule has 0 aromatic heterocycles. The number of hydrogen-bond donors (Lipinski definition) is 1. The van der Waals surface area contributed by atoms with Gasteiger partial charge in [0.05, 0.1) is 7.11 Å². The molecule has 0 aliphatic carbocycles. The largest absolute Gasteiger partial charge is 0.497 e. The summed E-state index contributed by atoms with van der Waals surface area (Å²) in [6, 6.07) is 13.2. The number of ether oxygens (including phenoxy) is 1. The number of halogens is 1. The Morgan fingerprint density at radius 3 is 2.50 bits per heavy atom. The van der Waals surface area contributed by atoms with Crippen molar-refractivity contribution in [1.29, 1.82) is 0 Å². The molecule has 0 saturated heterocycles. The molecule has 0 heterocycles. The van der Waals surface area contributed by atoms with Crippen LogP contribution < -0.4 is 10.1 Å². The van der Waals surface area contributed by atoms with Gasteiger partial charge in [-0.3, -0.25) is 0 Å². The highest BCUT2D eigenvalue weighted by Crippen LogP contribution is 2.18. The lowest BCUT2D eigenvalue weighted by atomic mass is 10.1. The maximum Gasteiger partial charge on any atom is 0.127 e. The molecule has 3 heteroatoms. The third-order valence-electron chi connectivity index (χ3n) is 3.42. The minimum Gasteiger partial charge on any atom is -0.497 e. The van der Waals surface area contributed by atoms with Gasteiger partial charge >= 0.3 is 0 Å². The van der Waals surface area contributed by atoms with Crippen molar-refractivity contribution in [2.75, 3.05) is 7.11 Å². The van der Waals surface area contributed by atoms with Gasteiger partial charge in [-0.25, -0.2) is 4.39 Å². The average molecular weight is 273 g/mol. The monoisotopic (exact) mass is 273 g/mol. The van der Waals surface area contributed by atoms with Gasteiger partial charge in [0.25, 0.3) is 0 Å². The fourth-order valence-electron chi connectivity index (χ4n) is 2.11. The third kappa shape index (κ3) is 3.58. The number of rotatable bonds is 5. The summed E-state index contributed by atoms with van der Waals surface area (Å²) >= 11 is 0. The van der Waals surface area contributed by atoms with Crippen molar-refractivity contribution in [3.63, 3.8) is 0 Å². The Morgan fingerprint density at radius 1 is 1.15 bits per heavy atom. The fraction of sp³-hybridized carbons (Fsp3) is 0.294. The van der Waals surface area contributed by atoms with E-state index in [1.807, 2.05) is 37.3 Å². The quantitative estimate of drug-likeness (QED) is 0.889. The van der Waals surface area contributed by atoms with Gasteiger partial charge < -0.3 is 10.1 Å². The van der Waals surface area contributed by atoms with Crippen LogP contribution in [0, 0.1) is 12.7 Å². The van der Waals surface area contributed by atoms with Crippen LogP contribution in [0.1, 0.15) is 29.7 Å². The van der Waals surface area contributed by atoms with E-state index in [1.165, 1.54) is 6.07 Å². The molecular formula is C17H20FNO. The molecule has 0 aliphatic heterocycles. The second kappa shape index (κ2) is 6.53. The SMILES string of the molecule is COc1ccc([C@H](C)NCc2cc(C)ccc2F)cc1. The molecule has 2 aromatic carbocycles. The topological polar surface area (TPSA) is 21.3 Å². The molecule has 0 spiro atoms. The lowest BCUT2D eigenvalue weighted by Crippen LogP contribution is -2.18. The molecule has 0 bridgehead atoms. The smallest absolute Gasteiger partial charge is 0.127 e. The Balaban J connectivity index is 2.00. The third-order valence-corrected chi connectivity index (χ3v) is 3.42. The minimum atomic E-state index is -0.162. The van der Waals surface area contributed by atoms with Crippen molar-refractivity contribution < 1.29 is 9.13 Å². The first-order chi connectivity index (χ1) is 9.60. The maximum absolute atomic E-state index is 13.7. The summed E-state index contributed by atoms with van der Waals surface area (Å²) in [5.41, 5.74) is 2.92. The van der Waals surface area contributed by atoms with Crippen molar-refractivity contribution in [2.45, 2.75) is 26.4 Å². The number of benzene rings is 2. The number of methoxy groups -OCH3 is 1. The first-order valence-electron chi connectivity index (χ1n) is 6.72. The summed E-state index contributed by atoms with van der Waals surface area (Å²) in [6.45, 7) is 4.55. The van der Waals surface area contributed by atoms with E-state index in [0.29, 0.717) is 12.1 Å². The summed E-state index contributed by atoms with van der Waals surface area (Å²) in [7, 11) is 1.65. The van der Waals surface area contributed by atoms with Crippen LogP contribution in [0.25, 0.3) is 0 Å². The molecule has 20 heavy (non-hydrogen) atoms. The zero-order valence-electron chi connectivity index (χ0n) is 12.1. The van der Waals surface area contributed by atoms with Gasteiger partial charge in [-0.1, -0.05) is 29.8 Å². The van der Waals surface area contributed by atoms with Crippen LogP contribution in [0.3, 0.4) is 0 Å². The van der Waals surface area contributed by atoms with Gasteiger partial charge in [0, 0.05) is 18.2 Å². The van der Waals surface area contributed by atoms with Gasteiger partial charge in [0.1, 0.15) is 11.6 Å². The molecule has 2 nitrogen and oxygen atoms in total. The molecule has 2 aromatic rings. The second-order valence-corrected chi connectivity index (χ2v) is 4.97. The van der Waals surface area contributed by atoms with Crippen molar-refractivity contribution in [3.05, 3.63) is 65.0 Å². The first-order valence-corrected chi connectivity index (χ1v) is 6.72. The van der Waals surface area contributed by atoms with E-state index in [1.54, 1.807) is 13.2 Å². The molecule has 0 fully saturated rings. The molecule has 1 N–H and O–H groups in total. The molecule has 0 radical (unpaired) electrons.